The highest BCUT2D eigenvalue weighted by atomic mass is 16.5. The Morgan fingerprint density at radius 2 is 2.29 bits per heavy atom. The standard InChI is InChI=1S/C12H19NO4/c1-3-6-12(10(14)17-4-2)7-5-8-13(9-12)11(15)16/h3H,1,4-9H2,2H3,(H,15,16). The molecule has 0 radical (unpaired) electrons. The van der Waals surface area contributed by atoms with Crippen molar-refractivity contribution in [2.24, 2.45) is 5.41 Å². The second-order valence-corrected chi connectivity index (χ2v) is 4.30. The minimum Gasteiger partial charge on any atom is -0.466 e. The average Bonchev–Trinajstić information content (AvgIpc) is 2.30. The van der Waals surface area contributed by atoms with Gasteiger partial charge in [-0.25, -0.2) is 4.79 Å². The molecule has 0 saturated carbocycles. The fraction of sp³-hybridized carbons (Fsp3) is 0.667. The number of nitrogens with zero attached hydrogens (tertiary/aromatic N) is 1. The highest BCUT2D eigenvalue weighted by molar-refractivity contribution is 5.78. The third kappa shape index (κ3) is 2.99. The number of ether oxygens (including phenoxy) is 1. The largest absolute Gasteiger partial charge is 0.466 e. The summed E-state index contributed by atoms with van der Waals surface area (Å²) in [6.07, 6.45) is 2.46. The summed E-state index contributed by atoms with van der Waals surface area (Å²) >= 11 is 0. The van der Waals surface area contributed by atoms with Crippen molar-refractivity contribution in [3.8, 4) is 0 Å². The summed E-state index contributed by atoms with van der Waals surface area (Å²) in [6, 6.07) is 0. The average molecular weight is 241 g/mol. The summed E-state index contributed by atoms with van der Waals surface area (Å²) in [5.74, 6) is -0.314. The molecule has 1 saturated heterocycles. The smallest absolute Gasteiger partial charge is 0.407 e. The Morgan fingerprint density at radius 1 is 1.59 bits per heavy atom. The number of esters is 1. The Hall–Kier alpha value is -1.52. The number of rotatable bonds is 4. The van der Waals surface area contributed by atoms with Gasteiger partial charge in [-0.2, -0.15) is 0 Å². The van der Waals surface area contributed by atoms with Gasteiger partial charge in [-0.05, 0) is 26.2 Å². The molecule has 0 aromatic heterocycles. The van der Waals surface area contributed by atoms with Crippen LogP contribution in [0.3, 0.4) is 0 Å². The topological polar surface area (TPSA) is 66.8 Å². The molecule has 0 aromatic carbocycles. The van der Waals surface area contributed by atoms with Gasteiger partial charge in [0.2, 0.25) is 0 Å². The monoisotopic (exact) mass is 241 g/mol. The number of piperidine rings is 1. The Labute approximate surface area is 101 Å². The normalized spacial score (nSPS) is 24.2. The molecule has 1 atom stereocenters. The van der Waals surface area contributed by atoms with Gasteiger partial charge >= 0.3 is 12.1 Å². The van der Waals surface area contributed by atoms with Crippen molar-refractivity contribution in [2.45, 2.75) is 26.2 Å². The SMILES string of the molecule is C=CCC1(C(=O)OCC)CCCN(C(=O)O)C1. The molecule has 1 unspecified atom stereocenters. The van der Waals surface area contributed by atoms with Crippen LogP contribution in [0.5, 0.6) is 0 Å². The van der Waals surface area contributed by atoms with Gasteiger partial charge in [0.15, 0.2) is 0 Å². The van der Waals surface area contributed by atoms with E-state index in [-0.39, 0.29) is 12.5 Å². The fourth-order valence-electron chi connectivity index (χ4n) is 2.27. The zero-order valence-electron chi connectivity index (χ0n) is 10.1. The second-order valence-electron chi connectivity index (χ2n) is 4.30. The van der Waals surface area contributed by atoms with E-state index in [0.717, 1.165) is 0 Å². The molecule has 1 aliphatic heterocycles. The molecular formula is C12H19NO4. The van der Waals surface area contributed by atoms with E-state index < -0.39 is 11.5 Å². The molecule has 0 spiro atoms. The van der Waals surface area contributed by atoms with E-state index in [1.807, 2.05) is 0 Å². The molecule has 1 aliphatic rings. The van der Waals surface area contributed by atoms with E-state index in [1.54, 1.807) is 13.0 Å². The van der Waals surface area contributed by atoms with Crippen LogP contribution < -0.4 is 0 Å². The first-order valence-electron chi connectivity index (χ1n) is 5.81. The van der Waals surface area contributed by atoms with Crippen molar-refractivity contribution in [1.29, 1.82) is 0 Å². The van der Waals surface area contributed by atoms with Crippen molar-refractivity contribution < 1.29 is 19.4 Å². The Kier molecular flexibility index (Phi) is 4.54. The minimum atomic E-state index is -0.984. The van der Waals surface area contributed by atoms with Gasteiger partial charge in [0.05, 0.1) is 12.0 Å². The van der Waals surface area contributed by atoms with E-state index in [9.17, 15) is 9.59 Å². The lowest BCUT2D eigenvalue weighted by molar-refractivity contribution is -0.158. The number of carbonyl (C=O) groups is 2. The van der Waals surface area contributed by atoms with Gasteiger partial charge in [-0.3, -0.25) is 4.79 Å². The lowest BCUT2D eigenvalue weighted by atomic mass is 9.77. The number of carboxylic acid groups (broad SMARTS) is 1. The van der Waals surface area contributed by atoms with Crippen molar-refractivity contribution in [3.63, 3.8) is 0 Å². The lowest BCUT2D eigenvalue weighted by Crippen LogP contribution is -2.50. The van der Waals surface area contributed by atoms with E-state index in [1.165, 1.54) is 4.90 Å². The van der Waals surface area contributed by atoms with Crippen molar-refractivity contribution in [2.75, 3.05) is 19.7 Å². The summed E-state index contributed by atoms with van der Waals surface area (Å²) < 4.78 is 5.06. The van der Waals surface area contributed by atoms with Gasteiger partial charge in [0.25, 0.3) is 0 Å². The number of hydrogen-bond acceptors (Lipinski definition) is 3. The van der Waals surface area contributed by atoms with Crippen molar-refractivity contribution in [1.82, 2.24) is 4.90 Å². The van der Waals surface area contributed by atoms with Crippen LogP contribution >= 0.6 is 0 Å². The first-order valence-corrected chi connectivity index (χ1v) is 5.81. The molecule has 96 valence electrons. The van der Waals surface area contributed by atoms with Crippen LogP contribution in [-0.2, 0) is 9.53 Å². The van der Waals surface area contributed by atoms with Crippen LogP contribution in [0.2, 0.25) is 0 Å². The van der Waals surface area contributed by atoms with Gasteiger partial charge in [0, 0.05) is 13.1 Å². The van der Waals surface area contributed by atoms with Crippen LogP contribution in [0.4, 0.5) is 4.79 Å². The van der Waals surface area contributed by atoms with Crippen molar-refractivity contribution in [3.05, 3.63) is 12.7 Å². The zero-order valence-corrected chi connectivity index (χ0v) is 10.1. The maximum atomic E-state index is 12.0. The molecule has 0 bridgehead atoms. The van der Waals surface area contributed by atoms with Crippen LogP contribution in [0.25, 0.3) is 0 Å². The van der Waals surface area contributed by atoms with Gasteiger partial charge in [-0.1, -0.05) is 6.08 Å². The van der Waals surface area contributed by atoms with Gasteiger partial charge in [0.1, 0.15) is 0 Å². The third-order valence-electron chi connectivity index (χ3n) is 3.09. The molecule has 1 amide bonds. The quantitative estimate of drug-likeness (QED) is 0.603. The maximum Gasteiger partial charge on any atom is 0.407 e. The predicted octanol–water partition coefficient (Wildman–Crippen LogP) is 1.89. The molecule has 5 nitrogen and oxygen atoms in total. The molecular weight excluding hydrogens is 222 g/mol. The van der Waals surface area contributed by atoms with Crippen LogP contribution in [0.15, 0.2) is 12.7 Å². The number of likely N-dealkylation sites (tertiary alicyclic amines) is 1. The van der Waals surface area contributed by atoms with E-state index >= 15 is 0 Å². The summed E-state index contributed by atoms with van der Waals surface area (Å²) in [7, 11) is 0. The number of allylic oxidation sites excluding steroid dienone is 1. The summed E-state index contributed by atoms with van der Waals surface area (Å²) in [5, 5.41) is 9.00. The number of carbonyl (C=O) groups excluding carboxylic acids is 1. The predicted molar refractivity (Wildman–Crippen MR) is 62.7 cm³/mol. The first kappa shape index (κ1) is 13.5. The summed E-state index contributed by atoms with van der Waals surface area (Å²) in [6.45, 7) is 6.38. The summed E-state index contributed by atoms with van der Waals surface area (Å²) in [4.78, 5) is 24.2. The highest BCUT2D eigenvalue weighted by Crippen LogP contribution is 2.35. The first-order chi connectivity index (χ1) is 8.05. The molecule has 1 fully saturated rings. The van der Waals surface area contributed by atoms with E-state index in [0.29, 0.717) is 32.4 Å². The molecule has 1 N–H and O–H groups in total. The van der Waals surface area contributed by atoms with Crippen molar-refractivity contribution >= 4 is 12.1 Å². The number of amides is 1. The highest BCUT2D eigenvalue weighted by Gasteiger charge is 2.43. The Balaban J connectivity index is 2.86. The Morgan fingerprint density at radius 3 is 2.82 bits per heavy atom. The molecule has 0 aliphatic carbocycles. The van der Waals surface area contributed by atoms with E-state index in [4.69, 9.17) is 9.84 Å². The number of hydrogen-bond donors (Lipinski definition) is 1. The zero-order chi connectivity index (χ0) is 12.9. The minimum absolute atomic E-state index is 0.202. The maximum absolute atomic E-state index is 12.0. The summed E-state index contributed by atoms with van der Waals surface area (Å²) in [5.41, 5.74) is -0.742. The van der Waals surface area contributed by atoms with Crippen LogP contribution in [0, 0.1) is 5.41 Å². The molecule has 5 heteroatoms. The van der Waals surface area contributed by atoms with Crippen LogP contribution in [0.1, 0.15) is 26.2 Å². The van der Waals surface area contributed by atoms with Gasteiger partial charge in [-0.15, -0.1) is 6.58 Å². The lowest BCUT2D eigenvalue weighted by Gasteiger charge is -2.39. The Bertz CT molecular complexity index is 316. The van der Waals surface area contributed by atoms with E-state index in [2.05, 4.69) is 6.58 Å². The van der Waals surface area contributed by atoms with Crippen LogP contribution in [-0.4, -0.2) is 41.8 Å². The molecule has 1 rings (SSSR count). The fourth-order valence-corrected chi connectivity index (χ4v) is 2.27. The van der Waals surface area contributed by atoms with Gasteiger partial charge < -0.3 is 14.7 Å². The molecule has 1 heterocycles. The second kappa shape index (κ2) is 5.70. The molecule has 17 heavy (non-hydrogen) atoms. The third-order valence-corrected chi connectivity index (χ3v) is 3.09. The molecule has 0 aromatic rings.